The van der Waals surface area contributed by atoms with E-state index in [1.54, 1.807) is 0 Å². The number of thioether (sulfide) groups is 1. The molecular formula is C13H20N2S. The third-order valence-corrected chi connectivity index (χ3v) is 4.46. The molecule has 2 nitrogen and oxygen atoms in total. The first-order valence-electron chi connectivity index (χ1n) is 6.12. The van der Waals surface area contributed by atoms with Gasteiger partial charge in [-0.2, -0.15) is 11.8 Å². The molecule has 0 spiro atoms. The van der Waals surface area contributed by atoms with Gasteiger partial charge in [-0.05, 0) is 37.7 Å². The first kappa shape index (κ1) is 11.9. The maximum atomic E-state index is 4.37. The van der Waals surface area contributed by atoms with Gasteiger partial charge in [0.15, 0.2) is 0 Å². The van der Waals surface area contributed by atoms with Gasteiger partial charge in [-0.15, -0.1) is 0 Å². The van der Waals surface area contributed by atoms with Crippen molar-refractivity contribution in [3.8, 4) is 0 Å². The topological polar surface area (TPSA) is 24.9 Å². The molecule has 1 saturated heterocycles. The van der Waals surface area contributed by atoms with Crippen LogP contribution in [0.3, 0.4) is 0 Å². The normalized spacial score (nSPS) is 22.9. The highest BCUT2D eigenvalue weighted by atomic mass is 32.2. The van der Waals surface area contributed by atoms with Crippen LogP contribution in [-0.4, -0.2) is 22.5 Å². The van der Waals surface area contributed by atoms with Crippen LogP contribution in [0.15, 0.2) is 24.4 Å². The zero-order valence-electron chi connectivity index (χ0n) is 9.86. The van der Waals surface area contributed by atoms with E-state index in [1.165, 1.54) is 25.0 Å². The highest BCUT2D eigenvalue weighted by molar-refractivity contribution is 7.99. The Hall–Kier alpha value is -0.540. The molecule has 1 aliphatic rings. The lowest BCUT2D eigenvalue weighted by molar-refractivity contribution is 0.530. The minimum Gasteiger partial charge on any atom is -0.308 e. The zero-order valence-corrected chi connectivity index (χ0v) is 10.7. The Labute approximate surface area is 102 Å². The second-order valence-corrected chi connectivity index (χ2v) is 5.78. The first-order chi connectivity index (χ1) is 7.86. The summed E-state index contributed by atoms with van der Waals surface area (Å²) in [5.74, 6) is 1.34. The molecule has 0 aromatic carbocycles. The van der Waals surface area contributed by atoms with E-state index in [1.807, 2.05) is 12.3 Å². The molecule has 0 aliphatic carbocycles. The maximum Gasteiger partial charge on any atom is 0.0570 e. The molecule has 2 heterocycles. The predicted octanol–water partition coefficient (Wildman–Crippen LogP) is 3.02. The molecule has 0 amide bonds. The van der Waals surface area contributed by atoms with Crippen molar-refractivity contribution in [2.24, 2.45) is 0 Å². The summed E-state index contributed by atoms with van der Waals surface area (Å²) in [4.78, 5) is 4.37. The van der Waals surface area contributed by atoms with Crippen molar-refractivity contribution in [3.05, 3.63) is 30.1 Å². The molecule has 1 aliphatic heterocycles. The van der Waals surface area contributed by atoms with Gasteiger partial charge in [-0.3, -0.25) is 4.98 Å². The Bertz CT molecular complexity index is 296. The molecule has 1 aromatic rings. The molecule has 1 aromatic heterocycles. The Balaban J connectivity index is 1.77. The SMILES string of the molecule is CC(NCC1CCCCS1)c1ccccn1. The van der Waals surface area contributed by atoms with Crippen LogP contribution in [0, 0.1) is 0 Å². The summed E-state index contributed by atoms with van der Waals surface area (Å²) in [6.07, 6.45) is 6.03. The lowest BCUT2D eigenvalue weighted by Gasteiger charge is -2.23. The smallest absolute Gasteiger partial charge is 0.0570 e. The van der Waals surface area contributed by atoms with E-state index >= 15 is 0 Å². The number of nitrogens with one attached hydrogen (secondary N) is 1. The monoisotopic (exact) mass is 236 g/mol. The standard InChI is InChI=1S/C13H20N2S/c1-11(13-7-2-4-8-14-13)15-10-12-6-3-5-9-16-12/h2,4,7-8,11-12,15H,3,5-6,9-10H2,1H3. The summed E-state index contributed by atoms with van der Waals surface area (Å²) >= 11 is 2.12. The lowest BCUT2D eigenvalue weighted by atomic mass is 10.1. The summed E-state index contributed by atoms with van der Waals surface area (Å²) in [7, 11) is 0. The number of pyridine rings is 1. The van der Waals surface area contributed by atoms with Crippen LogP contribution in [0.2, 0.25) is 0 Å². The van der Waals surface area contributed by atoms with Crippen molar-refractivity contribution in [1.82, 2.24) is 10.3 Å². The molecular weight excluding hydrogens is 216 g/mol. The Kier molecular flexibility index (Phi) is 4.67. The van der Waals surface area contributed by atoms with Gasteiger partial charge in [-0.25, -0.2) is 0 Å². The molecule has 3 heteroatoms. The summed E-state index contributed by atoms with van der Waals surface area (Å²) in [5, 5.41) is 4.39. The number of nitrogens with zero attached hydrogens (tertiary/aromatic N) is 1. The predicted molar refractivity (Wildman–Crippen MR) is 70.8 cm³/mol. The van der Waals surface area contributed by atoms with Crippen molar-refractivity contribution in [2.75, 3.05) is 12.3 Å². The van der Waals surface area contributed by atoms with Crippen LogP contribution in [0.25, 0.3) is 0 Å². The van der Waals surface area contributed by atoms with Crippen molar-refractivity contribution < 1.29 is 0 Å². The van der Waals surface area contributed by atoms with Gasteiger partial charge in [0, 0.05) is 24.0 Å². The maximum absolute atomic E-state index is 4.37. The van der Waals surface area contributed by atoms with Crippen molar-refractivity contribution in [3.63, 3.8) is 0 Å². The largest absolute Gasteiger partial charge is 0.308 e. The average molecular weight is 236 g/mol. The van der Waals surface area contributed by atoms with Gasteiger partial charge in [0.2, 0.25) is 0 Å². The van der Waals surface area contributed by atoms with Crippen LogP contribution in [-0.2, 0) is 0 Å². The molecule has 2 atom stereocenters. The van der Waals surface area contributed by atoms with Gasteiger partial charge in [0.1, 0.15) is 0 Å². The molecule has 1 N–H and O–H groups in total. The van der Waals surface area contributed by atoms with E-state index in [2.05, 4.69) is 41.1 Å². The molecule has 0 bridgehead atoms. The average Bonchev–Trinajstić information content (AvgIpc) is 2.38. The zero-order chi connectivity index (χ0) is 11.2. The molecule has 1 fully saturated rings. The molecule has 88 valence electrons. The first-order valence-corrected chi connectivity index (χ1v) is 7.17. The molecule has 0 radical (unpaired) electrons. The Morgan fingerprint density at radius 2 is 2.44 bits per heavy atom. The summed E-state index contributed by atoms with van der Waals surface area (Å²) < 4.78 is 0. The number of aromatic nitrogens is 1. The highest BCUT2D eigenvalue weighted by Crippen LogP contribution is 2.24. The van der Waals surface area contributed by atoms with Crippen molar-refractivity contribution in [2.45, 2.75) is 37.5 Å². The van der Waals surface area contributed by atoms with Crippen LogP contribution < -0.4 is 5.32 Å². The second kappa shape index (κ2) is 6.26. The van der Waals surface area contributed by atoms with Crippen LogP contribution in [0.1, 0.15) is 37.9 Å². The Morgan fingerprint density at radius 3 is 3.12 bits per heavy atom. The third kappa shape index (κ3) is 3.49. The van der Waals surface area contributed by atoms with E-state index in [0.717, 1.165) is 17.5 Å². The van der Waals surface area contributed by atoms with E-state index < -0.39 is 0 Å². The molecule has 0 saturated carbocycles. The number of rotatable bonds is 4. The highest BCUT2D eigenvalue weighted by Gasteiger charge is 2.15. The fraction of sp³-hybridized carbons (Fsp3) is 0.615. The van der Waals surface area contributed by atoms with Crippen molar-refractivity contribution >= 4 is 11.8 Å². The fourth-order valence-electron chi connectivity index (χ4n) is 2.01. The summed E-state index contributed by atoms with van der Waals surface area (Å²) in [6, 6.07) is 6.47. The summed E-state index contributed by atoms with van der Waals surface area (Å²) in [6.45, 7) is 3.30. The second-order valence-electron chi connectivity index (χ2n) is 4.37. The third-order valence-electron chi connectivity index (χ3n) is 3.06. The molecule has 2 rings (SSSR count). The van der Waals surface area contributed by atoms with E-state index in [9.17, 15) is 0 Å². The van der Waals surface area contributed by atoms with E-state index in [-0.39, 0.29) is 0 Å². The van der Waals surface area contributed by atoms with Gasteiger partial charge in [0.25, 0.3) is 0 Å². The number of hydrogen-bond donors (Lipinski definition) is 1. The summed E-state index contributed by atoms with van der Waals surface area (Å²) in [5.41, 5.74) is 1.14. The molecule has 16 heavy (non-hydrogen) atoms. The van der Waals surface area contributed by atoms with Gasteiger partial charge in [0.05, 0.1) is 5.69 Å². The fourth-order valence-corrected chi connectivity index (χ4v) is 3.26. The molecule has 2 unspecified atom stereocenters. The number of hydrogen-bond acceptors (Lipinski definition) is 3. The minimum atomic E-state index is 0.365. The quantitative estimate of drug-likeness (QED) is 0.870. The van der Waals surface area contributed by atoms with Gasteiger partial charge in [-0.1, -0.05) is 12.5 Å². The van der Waals surface area contributed by atoms with E-state index in [0.29, 0.717) is 6.04 Å². The van der Waals surface area contributed by atoms with E-state index in [4.69, 9.17) is 0 Å². The van der Waals surface area contributed by atoms with Crippen LogP contribution >= 0.6 is 11.8 Å². The van der Waals surface area contributed by atoms with Gasteiger partial charge >= 0.3 is 0 Å². The van der Waals surface area contributed by atoms with Crippen molar-refractivity contribution in [1.29, 1.82) is 0 Å². The minimum absolute atomic E-state index is 0.365. The lowest BCUT2D eigenvalue weighted by Crippen LogP contribution is -2.29. The van der Waals surface area contributed by atoms with Crippen LogP contribution in [0.4, 0.5) is 0 Å². The van der Waals surface area contributed by atoms with Crippen LogP contribution in [0.5, 0.6) is 0 Å². The Morgan fingerprint density at radius 1 is 1.50 bits per heavy atom. The van der Waals surface area contributed by atoms with Gasteiger partial charge < -0.3 is 5.32 Å².